The number of rotatable bonds is 6. The second-order valence-corrected chi connectivity index (χ2v) is 6.56. The smallest absolute Gasteiger partial charge is 0.261 e. The zero-order valence-corrected chi connectivity index (χ0v) is 16.3. The number of nitriles is 1. The first-order valence-corrected chi connectivity index (χ1v) is 9.16. The van der Waals surface area contributed by atoms with Gasteiger partial charge >= 0.3 is 0 Å². The van der Waals surface area contributed by atoms with E-state index in [1.807, 2.05) is 41.8 Å². The SMILES string of the molecule is CNC(=O)/C(C#N)=C/c1c(-c2ccc(C)cc2)c2c(N)ncnc2n1CCCO. The number of hydrogen-bond donors (Lipinski definition) is 3. The van der Waals surface area contributed by atoms with Crippen molar-refractivity contribution in [3.8, 4) is 17.2 Å². The first kappa shape index (κ1) is 20.0. The van der Waals surface area contributed by atoms with Gasteiger partial charge in [0.15, 0.2) is 0 Å². The number of carbonyl (C=O) groups is 1. The lowest BCUT2D eigenvalue weighted by Gasteiger charge is -2.09. The number of likely N-dealkylation sites (N-methyl/N-ethyl adjacent to an activating group) is 1. The largest absolute Gasteiger partial charge is 0.396 e. The van der Waals surface area contributed by atoms with Crippen molar-refractivity contribution < 1.29 is 9.90 Å². The van der Waals surface area contributed by atoms with Crippen LogP contribution in [0.3, 0.4) is 0 Å². The van der Waals surface area contributed by atoms with Crippen molar-refractivity contribution in [3.63, 3.8) is 0 Å². The van der Waals surface area contributed by atoms with Gasteiger partial charge in [0, 0.05) is 25.8 Å². The molecular formula is C21H22N6O2. The highest BCUT2D eigenvalue weighted by Gasteiger charge is 2.22. The number of amides is 1. The van der Waals surface area contributed by atoms with Gasteiger partial charge < -0.3 is 20.7 Å². The molecule has 3 rings (SSSR count). The van der Waals surface area contributed by atoms with E-state index in [1.54, 1.807) is 0 Å². The minimum Gasteiger partial charge on any atom is -0.396 e. The highest BCUT2D eigenvalue weighted by molar-refractivity contribution is 6.08. The molecule has 0 radical (unpaired) electrons. The molecule has 2 heterocycles. The molecule has 148 valence electrons. The van der Waals surface area contributed by atoms with E-state index in [1.165, 1.54) is 19.5 Å². The summed E-state index contributed by atoms with van der Waals surface area (Å²) < 4.78 is 1.86. The molecule has 0 bridgehead atoms. The Morgan fingerprint density at radius 1 is 1.34 bits per heavy atom. The van der Waals surface area contributed by atoms with Gasteiger partial charge in [-0.1, -0.05) is 29.8 Å². The fourth-order valence-electron chi connectivity index (χ4n) is 3.25. The van der Waals surface area contributed by atoms with Crippen molar-refractivity contribution in [2.45, 2.75) is 19.9 Å². The van der Waals surface area contributed by atoms with E-state index in [9.17, 15) is 15.2 Å². The Morgan fingerprint density at radius 2 is 2.07 bits per heavy atom. The number of nitrogen functional groups attached to an aromatic ring is 1. The maximum Gasteiger partial charge on any atom is 0.261 e. The van der Waals surface area contributed by atoms with Crippen molar-refractivity contribution in [2.75, 3.05) is 19.4 Å². The summed E-state index contributed by atoms with van der Waals surface area (Å²) in [4.78, 5) is 20.7. The van der Waals surface area contributed by atoms with Crippen molar-refractivity contribution in [1.82, 2.24) is 19.9 Å². The molecule has 29 heavy (non-hydrogen) atoms. The quantitative estimate of drug-likeness (QED) is 0.436. The lowest BCUT2D eigenvalue weighted by atomic mass is 10.0. The summed E-state index contributed by atoms with van der Waals surface area (Å²) >= 11 is 0. The highest BCUT2D eigenvalue weighted by Crippen LogP contribution is 2.38. The zero-order valence-electron chi connectivity index (χ0n) is 16.3. The summed E-state index contributed by atoms with van der Waals surface area (Å²) in [5, 5.41) is 22.0. The number of aliphatic hydroxyl groups is 1. The number of nitrogens with one attached hydrogen (secondary N) is 1. The van der Waals surface area contributed by atoms with Crippen molar-refractivity contribution in [1.29, 1.82) is 5.26 Å². The fourth-order valence-corrected chi connectivity index (χ4v) is 3.25. The van der Waals surface area contributed by atoms with Crippen LogP contribution in [0.15, 0.2) is 36.2 Å². The molecule has 8 nitrogen and oxygen atoms in total. The average molecular weight is 390 g/mol. The Kier molecular flexibility index (Phi) is 5.90. The fraction of sp³-hybridized carbons (Fsp3) is 0.238. The molecule has 1 amide bonds. The number of hydrogen-bond acceptors (Lipinski definition) is 6. The van der Waals surface area contributed by atoms with Gasteiger partial charge in [0.2, 0.25) is 0 Å². The second kappa shape index (κ2) is 8.54. The van der Waals surface area contributed by atoms with E-state index < -0.39 is 5.91 Å². The molecule has 0 saturated carbocycles. The topological polar surface area (TPSA) is 130 Å². The van der Waals surface area contributed by atoms with Crippen LogP contribution in [-0.4, -0.2) is 39.2 Å². The first-order valence-electron chi connectivity index (χ1n) is 9.16. The van der Waals surface area contributed by atoms with Gasteiger partial charge in [-0.25, -0.2) is 9.97 Å². The summed E-state index contributed by atoms with van der Waals surface area (Å²) in [6.07, 6.45) is 3.39. The number of carbonyl (C=O) groups excluding carboxylic acids is 1. The number of nitrogens with two attached hydrogens (primary N) is 1. The molecule has 0 aliphatic carbocycles. The van der Waals surface area contributed by atoms with Crippen LogP contribution in [0, 0.1) is 18.3 Å². The van der Waals surface area contributed by atoms with Crippen LogP contribution >= 0.6 is 0 Å². The van der Waals surface area contributed by atoms with E-state index in [-0.39, 0.29) is 12.2 Å². The maximum absolute atomic E-state index is 12.1. The normalized spacial score (nSPS) is 11.4. The van der Waals surface area contributed by atoms with Crippen LogP contribution in [0.4, 0.5) is 5.82 Å². The number of aryl methyl sites for hydroxylation is 2. The van der Waals surface area contributed by atoms with Gasteiger partial charge in [0.1, 0.15) is 29.4 Å². The molecule has 0 atom stereocenters. The van der Waals surface area contributed by atoms with Crippen LogP contribution in [0.5, 0.6) is 0 Å². The Morgan fingerprint density at radius 3 is 2.69 bits per heavy atom. The summed E-state index contributed by atoms with van der Waals surface area (Å²) in [6.45, 7) is 2.42. The average Bonchev–Trinajstić information content (AvgIpc) is 3.04. The lowest BCUT2D eigenvalue weighted by molar-refractivity contribution is -0.116. The van der Waals surface area contributed by atoms with E-state index in [2.05, 4.69) is 15.3 Å². The number of aliphatic hydroxyl groups excluding tert-OH is 1. The monoisotopic (exact) mass is 390 g/mol. The molecule has 0 aliphatic rings. The third-order valence-electron chi connectivity index (χ3n) is 4.66. The molecule has 4 N–H and O–H groups in total. The predicted octanol–water partition coefficient (Wildman–Crippen LogP) is 2.02. The predicted molar refractivity (Wildman–Crippen MR) is 111 cm³/mol. The second-order valence-electron chi connectivity index (χ2n) is 6.56. The van der Waals surface area contributed by atoms with Gasteiger partial charge in [-0.3, -0.25) is 4.79 Å². The molecule has 2 aromatic heterocycles. The molecule has 0 fully saturated rings. The number of fused-ring (bicyclic) bond motifs is 1. The van der Waals surface area contributed by atoms with E-state index >= 15 is 0 Å². The number of aromatic nitrogens is 3. The lowest BCUT2D eigenvalue weighted by Crippen LogP contribution is -2.19. The van der Waals surface area contributed by atoms with Gasteiger partial charge in [0.25, 0.3) is 5.91 Å². The third kappa shape index (κ3) is 3.81. The van der Waals surface area contributed by atoms with Crippen LogP contribution < -0.4 is 11.1 Å². The van der Waals surface area contributed by atoms with Gasteiger partial charge in [-0.05, 0) is 25.0 Å². The van der Waals surface area contributed by atoms with Gasteiger partial charge in [0.05, 0.1) is 11.1 Å². The molecular weight excluding hydrogens is 368 g/mol. The van der Waals surface area contributed by atoms with Crippen molar-refractivity contribution in [2.24, 2.45) is 0 Å². The zero-order chi connectivity index (χ0) is 21.0. The molecule has 0 spiro atoms. The Hall–Kier alpha value is -3.70. The van der Waals surface area contributed by atoms with Gasteiger partial charge in [-0.2, -0.15) is 5.26 Å². The standard InChI is InChI=1S/C21H22N6O2/c1-13-4-6-14(7-5-13)17-16(10-15(11-22)21(29)24-2)27(8-3-9-28)20-18(17)19(23)25-12-26-20/h4-7,10,12,28H,3,8-9H2,1-2H3,(H,24,29)(H2,23,25,26)/b15-10+. The van der Waals surface area contributed by atoms with Crippen LogP contribution in [0.25, 0.3) is 28.2 Å². The Balaban J connectivity index is 2.42. The molecule has 1 aromatic carbocycles. The number of anilines is 1. The number of benzene rings is 1. The Labute approximate surface area is 168 Å². The minimum atomic E-state index is -0.486. The summed E-state index contributed by atoms with van der Waals surface area (Å²) in [5.74, 6) is -0.179. The summed E-state index contributed by atoms with van der Waals surface area (Å²) in [7, 11) is 1.47. The van der Waals surface area contributed by atoms with Crippen LogP contribution in [-0.2, 0) is 11.3 Å². The Bertz CT molecular complexity index is 1120. The van der Waals surface area contributed by atoms with E-state index in [4.69, 9.17) is 5.73 Å². The highest BCUT2D eigenvalue weighted by atomic mass is 16.3. The van der Waals surface area contributed by atoms with Gasteiger partial charge in [-0.15, -0.1) is 0 Å². The molecule has 0 saturated heterocycles. The van der Waals surface area contributed by atoms with Crippen molar-refractivity contribution in [3.05, 3.63) is 47.4 Å². The number of nitrogens with zero attached hydrogens (tertiary/aromatic N) is 4. The molecule has 3 aromatic rings. The van der Waals surface area contributed by atoms with E-state index in [0.717, 1.165) is 16.7 Å². The summed E-state index contributed by atoms with van der Waals surface area (Å²) in [6, 6.07) is 9.81. The first-order chi connectivity index (χ1) is 14.0. The summed E-state index contributed by atoms with van der Waals surface area (Å²) in [5.41, 5.74) is 10.1. The third-order valence-corrected chi connectivity index (χ3v) is 4.66. The molecule has 8 heteroatoms. The van der Waals surface area contributed by atoms with Crippen molar-refractivity contribution >= 4 is 28.8 Å². The molecule has 0 aliphatic heterocycles. The van der Waals surface area contributed by atoms with Crippen LogP contribution in [0.2, 0.25) is 0 Å². The minimum absolute atomic E-state index is 0.0101. The maximum atomic E-state index is 12.1. The molecule has 0 unspecified atom stereocenters. The van der Waals surface area contributed by atoms with E-state index in [0.29, 0.717) is 35.5 Å². The van der Waals surface area contributed by atoms with Crippen LogP contribution in [0.1, 0.15) is 17.7 Å².